The van der Waals surface area contributed by atoms with Crippen LogP contribution in [0.15, 0.2) is 30.3 Å². The quantitative estimate of drug-likeness (QED) is 0.718. The van der Waals surface area contributed by atoms with Crippen molar-refractivity contribution in [2.45, 2.75) is 13.8 Å². The van der Waals surface area contributed by atoms with Crippen molar-refractivity contribution in [3.63, 3.8) is 0 Å². The lowest BCUT2D eigenvalue weighted by Gasteiger charge is -2.06. The number of hydrogen-bond donors (Lipinski definition) is 0. The first-order valence-corrected chi connectivity index (χ1v) is 5.08. The number of aryl methyl sites for hydroxylation is 2. The number of aldehydes is 1. The van der Waals surface area contributed by atoms with Crippen LogP contribution in [0.1, 0.15) is 21.7 Å². The van der Waals surface area contributed by atoms with E-state index in [1.54, 1.807) is 0 Å². The van der Waals surface area contributed by atoms with Crippen LogP contribution in [0, 0.1) is 13.8 Å². The molecule has 2 rings (SSSR count). The molecule has 0 fully saturated rings. The highest BCUT2D eigenvalue weighted by molar-refractivity contribution is 5.78. The number of carbonyl (C=O) groups is 1. The summed E-state index contributed by atoms with van der Waals surface area (Å²) in [6.45, 7) is 3.65. The van der Waals surface area contributed by atoms with Gasteiger partial charge >= 0.3 is 0 Å². The number of aromatic nitrogens is 2. The second kappa shape index (κ2) is 4.23. The van der Waals surface area contributed by atoms with Crippen LogP contribution in [0.4, 0.5) is 0 Å². The van der Waals surface area contributed by atoms with Gasteiger partial charge in [0.2, 0.25) is 0 Å². The van der Waals surface area contributed by atoms with Crippen molar-refractivity contribution in [1.82, 2.24) is 9.97 Å². The molecule has 0 amide bonds. The van der Waals surface area contributed by atoms with Gasteiger partial charge in [-0.3, -0.25) is 4.79 Å². The van der Waals surface area contributed by atoms with Crippen molar-refractivity contribution in [2.75, 3.05) is 0 Å². The van der Waals surface area contributed by atoms with E-state index in [9.17, 15) is 4.79 Å². The molecule has 1 heterocycles. The van der Waals surface area contributed by atoms with E-state index in [0.717, 1.165) is 23.2 Å². The molecule has 0 saturated carbocycles. The topological polar surface area (TPSA) is 42.9 Å². The van der Waals surface area contributed by atoms with Crippen molar-refractivity contribution >= 4 is 6.29 Å². The van der Waals surface area contributed by atoms with Gasteiger partial charge in [0, 0.05) is 5.56 Å². The van der Waals surface area contributed by atoms with Gasteiger partial charge in [0.1, 0.15) is 0 Å². The lowest BCUT2D eigenvalue weighted by molar-refractivity contribution is 0.112. The lowest BCUT2D eigenvalue weighted by atomic mass is 10.1. The molecule has 0 radical (unpaired) electrons. The van der Waals surface area contributed by atoms with Crippen molar-refractivity contribution in [1.29, 1.82) is 0 Å². The molecular weight excluding hydrogens is 200 g/mol. The molecule has 0 bridgehead atoms. The SMILES string of the molecule is Cc1nc(-c2ccccc2)nc(C)c1C=O. The first-order valence-electron chi connectivity index (χ1n) is 5.08. The molecule has 16 heavy (non-hydrogen) atoms. The smallest absolute Gasteiger partial charge is 0.159 e. The van der Waals surface area contributed by atoms with Gasteiger partial charge in [-0.2, -0.15) is 0 Å². The number of nitrogens with zero attached hydrogens (tertiary/aromatic N) is 2. The highest BCUT2D eigenvalue weighted by Gasteiger charge is 2.08. The fourth-order valence-corrected chi connectivity index (χ4v) is 1.61. The molecule has 1 aromatic carbocycles. The van der Waals surface area contributed by atoms with Crippen LogP contribution in [0.2, 0.25) is 0 Å². The average Bonchev–Trinajstić information content (AvgIpc) is 2.30. The van der Waals surface area contributed by atoms with Crippen LogP contribution in [-0.2, 0) is 0 Å². The fourth-order valence-electron chi connectivity index (χ4n) is 1.61. The summed E-state index contributed by atoms with van der Waals surface area (Å²) >= 11 is 0. The second-order valence-electron chi connectivity index (χ2n) is 3.62. The first kappa shape index (κ1) is 10.5. The van der Waals surface area contributed by atoms with Crippen molar-refractivity contribution in [3.8, 4) is 11.4 Å². The third-order valence-corrected chi connectivity index (χ3v) is 2.48. The normalized spacial score (nSPS) is 10.1. The minimum Gasteiger partial charge on any atom is -0.298 e. The van der Waals surface area contributed by atoms with Crippen LogP contribution in [0.3, 0.4) is 0 Å². The molecule has 2 aromatic rings. The summed E-state index contributed by atoms with van der Waals surface area (Å²) in [5.41, 5.74) is 2.99. The molecule has 3 heteroatoms. The van der Waals surface area contributed by atoms with Gasteiger partial charge in [0.15, 0.2) is 12.1 Å². The van der Waals surface area contributed by atoms with E-state index < -0.39 is 0 Å². The zero-order valence-corrected chi connectivity index (χ0v) is 9.27. The minimum atomic E-state index is 0.583. The maximum absolute atomic E-state index is 10.8. The Labute approximate surface area is 94.2 Å². The van der Waals surface area contributed by atoms with Gasteiger partial charge < -0.3 is 0 Å². The molecule has 0 aliphatic heterocycles. The summed E-state index contributed by atoms with van der Waals surface area (Å²) in [5, 5.41) is 0. The predicted octanol–water partition coefficient (Wildman–Crippen LogP) is 2.57. The molecule has 3 nitrogen and oxygen atoms in total. The Balaban J connectivity index is 2.57. The number of rotatable bonds is 2. The second-order valence-corrected chi connectivity index (χ2v) is 3.62. The van der Waals surface area contributed by atoms with Gasteiger partial charge in [-0.1, -0.05) is 30.3 Å². The minimum absolute atomic E-state index is 0.583. The molecule has 0 aliphatic carbocycles. The summed E-state index contributed by atoms with van der Waals surface area (Å²) in [5.74, 6) is 0.668. The Hall–Kier alpha value is -2.03. The van der Waals surface area contributed by atoms with E-state index in [4.69, 9.17) is 0 Å². The molecule has 0 unspecified atom stereocenters. The molecule has 0 atom stereocenters. The third kappa shape index (κ3) is 1.84. The Morgan fingerprint density at radius 1 is 1.00 bits per heavy atom. The Bertz CT molecular complexity index is 498. The van der Waals surface area contributed by atoms with Crippen molar-refractivity contribution in [3.05, 3.63) is 47.3 Å². The van der Waals surface area contributed by atoms with E-state index >= 15 is 0 Å². The number of carbonyl (C=O) groups excluding carboxylic acids is 1. The molecular formula is C13H12N2O. The maximum atomic E-state index is 10.8. The predicted molar refractivity (Wildman–Crippen MR) is 62.3 cm³/mol. The standard InChI is InChI=1S/C13H12N2O/c1-9-12(8-16)10(2)15-13(14-9)11-6-4-3-5-7-11/h3-8H,1-2H3. The summed E-state index contributed by atoms with van der Waals surface area (Å²) in [4.78, 5) is 19.5. The average molecular weight is 212 g/mol. The molecule has 0 aliphatic rings. The zero-order valence-electron chi connectivity index (χ0n) is 9.27. The van der Waals surface area contributed by atoms with Crippen LogP contribution < -0.4 is 0 Å². The molecule has 80 valence electrons. The maximum Gasteiger partial charge on any atom is 0.159 e. The summed E-state index contributed by atoms with van der Waals surface area (Å²) in [7, 11) is 0. The van der Waals surface area contributed by atoms with E-state index in [1.807, 2.05) is 44.2 Å². The Kier molecular flexibility index (Phi) is 2.77. The third-order valence-electron chi connectivity index (χ3n) is 2.48. The Morgan fingerprint density at radius 2 is 1.56 bits per heavy atom. The van der Waals surface area contributed by atoms with Crippen molar-refractivity contribution < 1.29 is 4.79 Å². The van der Waals surface area contributed by atoms with Gasteiger partial charge in [0.05, 0.1) is 17.0 Å². The van der Waals surface area contributed by atoms with E-state index in [1.165, 1.54) is 0 Å². The lowest BCUT2D eigenvalue weighted by Crippen LogP contribution is -2.01. The van der Waals surface area contributed by atoms with Gasteiger partial charge in [-0.05, 0) is 13.8 Å². The summed E-state index contributed by atoms with van der Waals surface area (Å²) in [6.07, 6.45) is 0.805. The van der Waals surface area contributed by atoms with E-state index in [2.05, 4.69) is 9.97 Å². The van der Waals surface area contributed by atoms with Crippen LogP contribution in [0.25, 0.3) is 11.4 Å². The fraction of sp³-hybridized carbons (Fsp3) is 0.154. The number of benzene rings is 1. The highest BCUT2D eigenvalue weighted by Crippen LogP contribution is 2.17. The monoisotopic (exact) mass is 212 g/mol. The molecule has 0 N–H and O–H groups in total. The summed E-state index contributed by atoms with van der Waals surface area (Å²) < 4.78 is 0. The van der Waals surface area contributed by atoms with Crippen LogP contribution in [0.5, 0.6) is 0 Å². The molecule has 1 aromatic heterocycles. The van der Waals surface area contributed by atoms with Gasteiger partial charge in [-0.15, -0.1) is 0 Å². The van der Waals surface area contributed by atoms with E-state index in [-0.39, 0.29) is 0 Å². The molecule has 0 saturated heterocycles. The van der Waals surface area contributed by atoms with Crippen LogP contribution >= 0.6 is 0 Å². The molecule has 0 spiro atoms. The summed E-state index contributed by atoms with van der Waals surface area (Å²) in [6, 6.07) is 9.74. The van der Waals surface area contributed by atoms with Gasteiger partial charge in [-0.25, -0.2) is 9.97 Å². The highest BCUT2D eigenvalue weighted by atomic mass is 16.1. The van der Waals surface area contributed by atoms with Crippen LogP contribution in [-0.4, -0.2) is 16.3 Å². The van der Waals surface area contributed by atoms with E-state index in [0.29, 0.717) is 11.4 Å². The largest absolute Gasteiger partial charge is 0.298 e. The van der Waals surface area contributed by atoms with Gasteiger partial charge in [0.25, 0.3) is 0 Å². The Morgan fingerprint density at radius 3 is 2.06 bits per heavy atom. The zero-order chi connectivity index (χ0) is 11.5. The number of hydrogen-bond acceptors (Lipinski definition) is 3. The first-order chi connectivity index (χ1) is 7.72. The van der Waals surface area contributed by atoms with Crippen molar-refractivity contribution in [2.24, 2.45) is 0 Å².